The van der Waals surface area contributed by atoms with Crippen LogP contribution in [0, 0.1) is 0 Å². The first kappa shape index (κ1) is 87.8. The monoisotopic (exact) mass is 1420 g/mol. The standard InChI is InChI=1S/C69H113NO29/c1-6-7-13-79-22-23-84-28-34-88-40-46-95-63-52-60(53-64(66(63)98-49-43-91-33-27-83-21-17-78-5)96-47-41-89-35-29-85-36-37-92-54-58-11-9-8-10-12-58)68(74)99-57-69(55-71,56-72)70-67(73)59-50-61(93-44-38-86-30-24-80-18-14-75-2)65(97-48-42-90-32-26-82-20-16-77-4)62(51-59)94-45-39-87-31-25-81-19-15-76-3/h8-12,50-53,71-72H,6-7,13-49,54-57H2,1-5H3,(H,70,73). The molecule has 0 radical (unpaired) electrons. The molecule has 0 aliphatic rings. The van der Waals surface area contributed by atoms with Crippen molar-refractivity contribution in [3.05, 3.63) is 71.3 Å². The van der Waals surface area contributed by atoms with Crippen LogP contribution in [-0.2, 0) is 96.6 Å². The van der Waals surface area contributed by atoms with Gasteiger partial charge in [-0.1, -0.05) is 43.7 Å². The molecular formula is C69H113NO29. The van der Waals surface area contributed by atoms with Crippen LogP contribution in [0.15, 0.2) is 54.6 Å². The van der Waals surface area contributed by atoms with Crippen molar-refractivity contribution < 1.29 is 138 Å². The molecular weight excluding hydrogens is 1310 g/mol. The highest BCUT2D eigenvalue weighted by molar-refractivity contribution is 5.96. The summed E-state index contributed by atoms with van der Waals surface area (Å²) in [4.78, 5) is 29.0. The summed E-state index contributed by atoms with van der Waals surface area (Å²) >= 11 is 0. The first-order chi connectivity index (χ1) is 48.8. The number of ether oxygens (including phenoxy) is 25. The summed E-state index contributed by atoms with van der Waals surface area (Å²) in [6.07, 6.45) is 2.02. The van der Waals surface area contributed by atoms with Crippen LogP contribution in [0.25, 0.3) is 0 Å². The first-order valence-electron chi connectivity index (χ1n) is 33.7. The lowest BCUT2D eigenvalue weighted by molar-refractivity contribution is 0.00532. The number of methoxy groups -OCH3 is 4. The molecule has 0 aliphatic heterocycles. The van der Waals surface area contributed by atoms with Crippen molar-refractivity contribution in [2.75, 3.05) is 293 Å². The van der Waals surface area contributed by atoms with E-state index in [0.717, 1.165) is 18.4 Å². The Labute approximate surface area is 583 Å². The van der Waals surface area contributed by atoms with Crippen molar-refractivity contribution in [1.29, 1.82) is 0 Å². The molecule has 30 nitrogen and oxygen atoms in total. The first-order valence-corrected chi connectivity index (χ1v) is 33.7. The van der Waals surface area contributed by atoms with Gasteiger partial charge in [0.1, 0.15) is 51.8 Å². The van der Waals surface area contributed by atoms with Gasteiger partial charge in [-0.05, 0) is 36.2 Å². The second kappa shape index (κ2) is 62.4. The molecule has 0 heterocycles. The predicted molar refractivity (Wildman–Crippen MR) is 360 cm³/mol. The maximum absolute atomic E-state index is 14.6. The highest BCUT2D eigenvalue weighted by atomic mass is 16.6. The number of hydrogen-bond acceptors (Lipinski definition) is 29. The van der Waals surface area contributed by atoms with E-state index in [0.29, 0.717) is 132 Å². The molecule has 0 spiro atoms. The van der Waals surface area contributed by atoms with Gasteiger partial charge in [0.15, 0.2) is 23.0 Å². The Kier molecular flexibility index (Phi) is 55.3. The predicted octanol–water partition coefficient (Wildman–Crippen LogP) is 4.09. The van der Waals surface area contributed by atoms with Gasteiger partial charge in [0.2, 0.25) is 11.5 Å². The number of aliphatic hydroxyl groups is 2. The Bertz CT molecular complexity index is 2330. The highest BCUT2D eigenvalue weighted by Crippen LogP contribution is 2.41. The normalized spacial score (nSPS) is 11.5. The summed E-state index contributed by atoms with van der Waals surface area (Å²) < 4.78 is 143. The third-order valence-corrected chi connectivity index (χ3v) is 13.3. The van der Waals surface area contributed by atoms with E-state index in [1.165, 1.54) is 24.3 Å². The third-order valence-electron chi connectivity index (χ3n) is 13.3. The summed E-state index contributed by atoms with van der Waals surface area (Å²) in [6.45, 7) is 10.1. The quantitative estimate of drug-likeness (QED) is 0.0529. The Morgan fingerprint density at radius 2 is 0.636 bits per heavy atom. The van der Waals surface area contributed by atoms with E-state index in [1.807, 2.05) is 30.3 Å². The van der Waals surface area contributed by atoms with Gasteiger partial charge < -0.3 is 134 Å². The largest absolute Gasteiger partial charge is 0.487 e. The van der Waals surface area contributed by atoms with Crippen molar-refractivity contribution in [3.8, 4) is 34.5 Å². The van der Waals surface area contributed by atoms with Gasteiger partial charge in [-0.15, -0.1) is 0 Å². The van der Waals surface area contributed by atoms with Gasteiger partial charge in [0.25, 0.3) is 5.91 Å². The van der Waals surface area contributed by atoms with E-state index < -0.39 is 37.2 Å². The van der Waals surface area contributed by atoms with Crippen LogP contribution < -0.4 is 33.7 Å². The maximum atomic E-state index is 14.6. The number of rotatable bonds is 72. The molecule has 3 N–H and O–H groups in total. The fourth-order valence-electron chi connectivity index (χ4n) is 8.07. The Morgan fingerprint density at radius 3 is 0.949 bits per heavy atom. The summed E-state index contributed by atoms with van der Waals surface area (Å²) in [7, 11) is 6.34. The smallest absolute Gasteiger partial charge is 0.338 e. The van der Waals surface area contributed by atoms with E-state index in [1.54, 1.807) is 28.4 Å². The third kappa shape index (κ3) is 43.9. The molecule has 0 atom stereocenters. The maximum Gasteiger partial charge on any atom is 0.338 e. The molecule has 99 heavy (non-hydrogen) atoms. The van der Waals surface area contributed by atoms with Gasteiger partial charge in [0.05, 0.1) is 224 Å². The molecule has 0 saturated heterocycles. The average molecular weight is 1420 g/mol. The summed E-state index contributed by atoms with van der Waals surface area (Å²) in [6, 6.07) is 15.4. The van der Waals surface area contributed by atoms with Crippen LogP contribution in [0.2, 0.25) is 0 Å². The van der Waals surface area contributed by atoms with Gasteiger partial charge >= 0.3 is 5.97 Å². The van der Waals surface area contributed by atoms with E-state index in [2.05, 4.69) is 12.2 Å². The minimum atomic E-state index is -1.97. The number of hydrogen-bond donors (Lipinski definition) is 3. The summed E-state index contributed by atoms with van der Waals surface area (Å²) in [5.74, 6) is -1.21. The minimum absolute atomic E-state index is 0.000983. The zero-order valence-corrected chi connectivity index (χ0v) is 59.0. The SMILES string of the molecule is CCCCOCCOCCOCCOc1cc(C(=O)OCC(CO)(CO)NC(=O)c2cc(OCCOCCOCCOC)c(OCCOCCOCCOC)c(OCCOCCOCCOC)c2)cc(OCCOCCOCCOCc2ccccc2)c1OCCOCCOCCOC. The van der Waals surface area contributed by atoms with E-state index in [4.69, 9.17) is 118 Å². The molecule has 0 unspecified atom stereocenters. The van der Waals surface area contributed by atoms with Crippen LogP contribution in [-0.4, -0.2) is 320 Å². The molecule has 1 amide bonds. The molecule has 3 rings (SSSR count). The van der Waals surface area contributed by atoms with Crippen LogP contribution >= 0.6 is 0 Å². The van der Waals surface area contributed by atoms with Crippen molar-refractivity contribution in [2.45, 2.75) is 31.9 Å². The molecule has 0 saturated carbocycles. The summed E-state index contributed by atoms with van der Waals surface area (Å²) in [5, 5.41) is 24.6. The van der Waals surface area contributed by atoms with Crippen LogP contribution in [0.5, 0.6) is 34.5 Å². The molecule has 0 fully saturated rings. The molecule has 568 valence electrons. The van der Waals surface area contributed by atoms with Gasteiger partial charge in [0, 0.05) is 40.6 Å². The van der Waals surface area contributed by atoms with E-state index >= 15 is 0 Å². The summed E-state index contributed by atoms with van der Waals surface area (Å²) in [5.41, 5.74) is -1.05. The number of aliphatic hydroxyl groups excluding tert-OH is 2. The number of carbonyl (C=O) groups is 2. The number of nitrogens with one attached hydrogen (secondary N) is 1. The topological polar surface area (TPSA) is 317 Å². The van der Waals surface area contributed by atoms with Crippen molar-refractivity contribution in [1.82, 2.24) is 5.32 Å². The fourth-order valence-corrected chi connectivity index (χ4v) is 8.07. The Balaban J connectivity index is 1.91. The number of carbonyl (C=O) groups excluding carboxylic acids is 2. The molecule has 0 aliphatic carbocycles. The van der Waals surface area contributed by atoms with Crippen LogP contribution in [0.3, 0.4) is 0 Å². The lowest BCUT2D eigenvalue weighted by atomic mass is 10.0. The fraction of sp³-hybridized carbons (Fsp3) is 0.710. The molecule has 30 heteroatoms. The van der Waals surface area contributed by atoms with Gasteiger partial charge in [-0.25, -0.2) is 4.79 Å². The second-order valence-electron chi connectivity index (χ2n) is 21.1. The highest BCUT2D eigenvalue weighted by Gasteiger charge is 2.35. The number of amides is 1. The number of esters is 1. The molecule has 0 bridgehead atoms. The lowest BCUT2D eigenvalue weighted by Gasteiger charge is -2.30. The van der Waals surface area contributed by atoms with Crippen LogP contribution in [0.1, 0.15) is 46.0 Å². The zero-order chi connectivity index (χ0) is 71.0. The molecule has 0 aromatic heterocycles. The van der Waals surface area contributed by atoms with E-state index in [9.17, 15) is 19.8 Å². The minimum Gasteiger partial charge on any atom is -0.487 e. The average Bonchev–Trinajstić information content (AvgIpc) is 0.816. The van der Waals surface area contributed by atoms with Gasteiger partial charge in [-0.2, -0.15) is 0 Å². The Hall–Kier alpha value is -5.40. The second-order valence-corrected chi connectivity index (χ2v) is 21.1. The number of benzene rings is 3. The lowest BCUT2D eigenvalue weighted by Crippen LogP contribution is -2.57. The van der Waals surface area contributed by atoms with Crippen LogP contribution in [0.4, 0.5) is 0 Å². The molecule has 3 aromatic carbocycles. The molecule has 3 aromatic rings. The number of unbranched alkanes of at least 4 members (excludes halogenated alkanes) is 1. The van der Waals surface area contributed by atoms with Gasteiger partial charge in [-0.3, -0.25) is 4.79 Å². The van der Waals surface area contributed by atoms with Crippen molar-refractivity contribution >= 4 is 11.9 Å². The van der Waals surface area contributed by atoms with E-state index in [-0.39, 0.29) is 165 Å². The Morgan fingerprint density at radius 1 is 0.354 bits per heavy atom. The van der Waals surface area contributed by atoms with Crippen molar-refractivity contribution in [3.63, 3.8) is 0 Å². The van der Waals surface area contributed by atoms with Crippen molar-refractivity contribution in [2.24, 2.45) is 0 Å². The zero-order valence-electron chi connectivity index (χ0n) is 59.0.